The number of nitrogens with one attached hydrogen (secondary N) is 1. The SMILES string of the molecule is C=C(C1NCCC1S)N1CCCN(C=O)CC1. The summed E-state index contributed by atoms with van der Waals surface area (Å²) >= 11 is 4.59. The van der Waals surface area contributed by atoms with Crippen LogP contribution in [0.15, 0.2) is 12.3 Å². The van der Waals surface area contributed by atoms with Gasteiger partial charge in [-0.1, -0.05) is 6.58 Å². The van der Waals surface area contributed by atoms with Crippen molar-refractivity contribution in [3.05, 3.63) is 12.3 Å². The third-order valence-corrected chi connectivity index (χ3v) is 4.19. The Morgan fingerprint density at radius 1 is 1.35 bits per heavy atom. The lowest BCUT2D eigenvalue weighted by molar-refractivity contribution is -0.118. The molecule has 1 N–H and O–H groups in total. The van der Waals surface area contributed by atoms with Crippen LogP contribution < -0.4 is 5.32 Å². The highest BCUT2D eigenvalue weighted by Crippen LogP contribution is 2.22. The molecule has 4 nitrogen and oxygen atoms in total. The third-order valence-electron chi connectivity index (χ3n) is 3.63. The van der Waals surface area contributed by atoms with Gasteiger partial charge in [-0.05, 0) is 19.4 Å². The number of thiol groups is 1. The first-order valence-electron chi connectivity index (χ1n) is 6.27. The maximum absolute atomic E-state index is 10.8. The highest BCUT2D eigenvalue weighted by atomic mass is 32.1. The molecule has 0 aromatic heterocycles. The van der Waals surface area contributed by atoms with E-state index in [1.54, 1.807) is 0 Å². The zero-order chi connectivity index (χ0) is 12.3. The highest BCUT2D eigenvalue weighted by Gasteiger charge is 2.29. The molecule has 0 aliphatic carbocycles. The zero-order valence-electron chi connectivity index (χ0n) is 10.1. The molecule has 2 atom stereocenters. The molecule has 2 fully saturated rings. The average Bonchev–Trinajstić information content (AvgIpc) is 2.64. The molecular weight excluding hydrogens is 234 g/mol. The zero-order valence-corrected chi connectivity index (χ0v) is 11.0. The smallest absolute Gasteiger partial charge is 0.209 e. The normalized spacial score (nSPS) is 30.2. The van der Waals surface area contributed by atoms with Crippen LogP contribution in [0.5, 0.6) is 0 Å². The van der Waals surface area contributed by atoms with Crippen molar-refractivity contribution in [2.75, 3.05) is 32.7 Å². The van der Waals surface area contributed by atoms with Gasteiger partial charge in [-0.3, -0.25) is 4.79 Å². The van der Waals surface area contributed by atoms with Gasteiger partial charge in [-0.2, -0.15) is 12.6 Å². The Balaban J connectivity index is 1.93. The summed E-state index contributed by atoms with van der Waals surface area (Å²) in [4.78, 5) is 14.9. The molecule has 0 aromatic carbocycles. The molecule has 96 valence electrons. The monoisotopic (exact) mass is 255 g/mol. The molecule has 2 heterocycles. The van der Waals surface area contributed by atoms with Crippen molar-refractivity contribution in [1.29, 1.82) is 0 Å². The first-order valence-corrected chi connectivity index (χ1v) is 6.78. The molecule has 2 aliphatic heterocycles. The fourth-order valence-electron chi connectivity index (χ4n) is 2.56. The van der Waals surface area contributed by atoms with Crippen LogP contribution in [0.4, 0.5) is 0 Å². The predicted molar refractivity (Wildman–Crippen MR) is 72.1 cm³/mol. The van der Waals surface area contributed by atoms with Crippen LogP contribution in [0.25, 0.3) is 0 Å². The molecule has 5 heteroatoms. The predicted octanol–water partition coefficient (Wildman–Crippen LogP) is 0.324. The van der Waals surface area contributed by atoms with Gasteiger partial charge in [0.25, 0.3) is 0 Å². The van der Waals surface area contributed by atoms with E-state index in [2.05, 4.69) is 29.4 Å². The van der Waals surface area contributed by atoms with Crippen molar-refractivity contribution >= 4 is 19.0 Å². The van der Waals surface area contributed by atoms with Crippen LogP contribution in [0, 0.1) is 0 Å². The van der Waals surface area contributed by atoms with Crippen LogP contribution in [-0.2, 0) is 4.79 Å². The summed E-state index contributed by atoms with van der Waals surface area (Å²) in [6.07, 6.45) is 3.06. The van der Waals surface area contributed by atoms with E-state index in [0.29, 0.717) is 11.3 Å². The Labute approximate surface area is 108 Å². The number of carbonyl (C=O) groups excluding carboxylic acids is 1. The second-order valence-electron chi connectivity index (χ2n) is 4.76. The summed E-state index contributed by atoms with van der Waals surface area (Å²) < 4.78 is 0. The Morgan fingerprint density at radius 3 is 2.82 bits per heavy atom. The van der Waals surface area contributed by atoms with Gasteiger partial charge in [0, 0.05) is 37.1 Å². The van der Waals surface area contributed by atoms with Crippen molar-refractivity contribution in [1.82, 2.24) is 15.1 Å². The first-order chi connectivity index (χ1) is 8.22. The van der Waals surface area contributed by atoms with E-state index < -0.39 is 0 Å². The van der Waals surface area contributed by atoms with Gasteiger partial charge in [0.15, 0.2) is 0 Å². The summed E-state index contributed by atoms with van der Waals surface area (Å²) in [5.74, 6) is 0. The molecular formula is C12H21N3OS. The maximum Gasteiger partial charge on any atom is 0.209 e. The van der Waals surface area contributed by atoms with Gasteiger partial charge in [0.2, 0.25) is 6.41 Å². The highest BCUT2D eigenvalue weighted by molar-refractivity contribution is 7.81. The number of hydrogen-bond donors (Lipinski definition) is 2. The maximum atomic E-state index is 10.8. The van der Waals surface area contributed by atoms with Crippen molar-refractivity contribution in [2.45, 2.75) is 24.1 Å². The fraction of sp³-hybridized carbons (Fsp3) is 0.750. The summed E-state index contributed by atoms with van der Waals surface area (Å²) in [6.45, 7) is 8.76. The Kier molecular flexibility index (Phi) is 4.34. The van der Waals surface area contributed by atoms with E-state index in [-0.39, 0.29) is 0 Å². The van der Waals surface area contributed by atoms with E-state index in [4.69, 9.17) is 0 Å². The molecule has 0 spiro atoms. The van der Waals surface area contributed by atoms with Gasteiger partial charge in [-0.25, -0.2) is 0 Å². The largest absolute Gasteiger partial charge is 0.372 e. The van der Waals surface area contributed by atoms with Crippen LogP contribution >= 0.6 is 12.6 Å². The minimum Gasteiger partial charge on any atom is -0.372 e. The van der Waals surface area contributed by atoms with Crippen LogP contribution in [0.1, 0.15) is 12.8 Å². The molecule has 17 heavy (non-hydrogen) atoms. The Bertz CT molecular complexity index is 297. The van der Waals surface area contributed by atoms with Crippen molar-refractivity contribution < 1.29 is 4.79 Å². The molecule has 2 unspecified atom stereocenters. The van der Waals surface area contributed by atoms with Crippen molar-refractivity contribution in [2.24, 2.45) is 0 Å². The van der Waals surface area contributed by atoms with Gasteiger partial charge < -0.3 is 15.1 Å². The molecule has 0 saturated carbocycles. The Hall–Kier alpha value is -0.680. The van der Waals surface area contributed by atoms with E-state index in [0.717, 1.165) is 57.7 Å². The van der Waals surface area contributed by atoms with E-state index in [1.165, 1.54) is 0 Å². The number of nitrogens with zero attached hydrogens (tertiary/aromatic N) is 2. The van der Waals surface area contributed by atoms with Crippen LogP contribution in [0.3, 0.4) is 0 Å². The average molecular weight is 255 g/mol. The van der Waals surface area contributed by atoms with E-state index >= 15 is 0 Å². The molecule has 2 rings (SSSR count). The second-order valence-corrected chi connectivity index (χ2v) is 5.42. The van der Waals surface area contributed by atoms with Gasteiger partial charge in [-0.15, -0.1) is 0 Å². The molecule has 2 saturated heterocycles. The van der Waals surface area contributed by atoms with Gasteiger partial charge in [0.05, 0.1) is 6.04 Å². The lowest BCUT2D eigenvalue weighted by Crippen LogP contribution is -2.40. The number of hydrogen-bond acceptors (Lipinski definition) is 4. The van der Waals surface area contributed by atoms with Crippen LogP contribution in [0.2, 0.25) is 0 Å². The summed E-state index contributed by atoms with van der Waals surface area (Å²) in [7, 11) is 0. The van der Waals surface area contributed by atoms with Gasteiger partial charge >= 0.3 is 0 Å². The molecule has 2 aliphatic rings. The lowest BCUT2D eigenvalue weighted by atomic mass is 10.1. The minimum absolute atomic E-state index is 0.293. The van der Waals surface area contributed by atoms with E-state index in [1.807, 2.05) is 4.90 Å². The number of amides is 1. The summed E-state index contributed by atoms with van der Waals surface area (Å²) in [5, 5.41) is 3.82. The standard InChI is InChI=1S/C12H21N3OS/c1-10(12-11(17)3-4-13-12)15-6-2-5-14(9-16)7-8-15/h9,11-13,17H,1-8H2. The molecule has 0 radical (unpaired) electrons. The number of rotatable bonds is 3. The first kappa shape index (κ1) is 12.8. The Morgan fingerprint density at radius 2 is 2.18 bits per heavy atom. The van der Waals surface area contributed by atoms with E-state index in [9.17, 15) is 4.79 Å². The lowest BCUT2D eigenvalue weighted by Gasteiger charge is -2.30. The van der Waals surface area contributed by atoms with Crippen molar-refractivity contribution in [3.8, 4) is 0 Å². The topological polar surface area (TPSA) is 35.6 Å². The van der Waals surface area contributed by atoms with Gasteiger partial charge in [0.1, 0.15) is 0 Å². The molecule has 0 bridgehead atoms. The van der Waals surface area contributed by atoms with Crippen LogP contribution in [-0.4, -0.2) is 60.2 Å². The second kappa shape index (κ2) is 5.78. The summed E-state index contributed by atoms with van der Waals surface area (Å²) in [6, 6.07) is 0.293. The quantitative estimate of drug-likeness (QED) is 0.563. The molecule has 0 aromatic rings. The fourth-order valence-corrected chi connectivity index (χ4v) is 2.96. The summed E-state index contributed by atoms with van der Waals surface area (Å²) in [5.41, 5.74) is 1.13. The van der Waals surface area contributed by atoms with Crippen molar-refractivity contribution in [3.63, 3.8) is 0 Å². The molecule has 1 amide bonds. The third kappa shape index (κ3) is 2.96. The minimum atomic E-state index is 0.293. The number of carbonyl (C=O) groups is 1.